The van der Waals surface area contributed by atoms with E-state index in [0.29, 0.717) is 5.56 Å². The number of piperazine rings is 1. The highest BCUT2D eigenvalue weighted by atomic mass is 16.1. The van der Waals surface area contributed by atoms with Gasteiger partial charge in [0.25, 0.3) is 5.91 Å². The summed E-state index contributed by atoms with van der Waals surface area (Å²) in [6.07, 6.45) is 1.04. The zero-order valence-electron chi connectivity index (χ0n) is 14.5. The van der Waals surface area contributed by atoms with Crippen molar-refractivity contribution >= 4 is 17.3 Å². The molecule has 0 unspecified atom stereocenters. The number of hydrogen-bond donors (Lipinski definition) is 2. The van der Waals surface area contributed by atoms with Crippen molar-refractivity contribution in [3.05, 3.63) is 60.2 Å². The van der Waals surface area contributed by atoms with Crippen LogP contribution in [0.5, 0.6) is 0 Å². The summed E-state index contributed by atoms with van der Waals surface area (Å²) in [4.78, 5) is 16.4. The van der Waals surface area contributed by atoms with E-state index in [1.807, 2.05) is 18.2 Å². The second kappa shape index (κ2) is 8.53. The third-order valence-corrected chi connectivity index (χ3v) is 4.65. The van der Waals surface area contributed by atoms with E-state index in [4.69, 9.17) is 5.73 Å². The molecule has 0 spiro atoms. The lowest BCUT2D eigenvalue weighted by atomic mass is 10.1. The van der Waals surface area contributed by atoms with E-state index in [1.54, 1.807) is 6.07 Å². The minimum Gasteiger partial charge on any atom is -0.384 e. The lowest BCUT2D eigenvalue weighted by molar-refractivity contribution is 0.100. The van der Waals surface area contributed by atoms with Crippen LogP contribution in [0.25, 0.3) is 0 Å². The Hall–Kier alpha value is -2.53. The van der Waals surface area contributed by atoms with Crippen molar-refractivity contribution in [1.29, 1.82) is 0 Å². The first-order valence-electron chi connectivity index (χ1n) is 8.89. The average molecular weight is 338 g/mol. The number of nitrogens with zero attached hydrogens (tertiary/aromatic N) is 2. The summed E-state index contributed by atoms with van der Waals surface area (Å²) in [6, 6.07) is 18.0. The van der Waals surface area contributed by atoms with Gasteiger partial charge in [0.2, 0.25) is 0 Å². The smallest absolute Gasteiger partial charge is 0.250 e. The second-order valence-corrected chi connectivity index (χ2v) is 6.35. The monoisotopic (exact) mass is 338 g/mol. The fourth-order valence-electron chi connectivity index (χ4n) is 3.25. The van der Waals surface area contributed by atoms with Gasteiger partial charge in [0.15, 0.2) is 0 Å². The number of nitrogens with one attached hydrogen (secondary N) is 1. The number of primary amides is 1. The van der Waals surface area contributed by atoms with Gasteiger partial charge in [-0.3, -0.25) is 9.69 Å². The predicted molar refractivity (Wildman–Crippen MR) is 103 cm³/mol. The van der Waals surface area contributed by atoms with Crippen LogP contribution >= 0.6 is 0 Å². The Labute approximate surface area is 149 Å². The lowest BCUT2D eigenvalue weighted by Gasteiger charge is -2.36. The van der Waals surface area contributed by atoms with Gasteiger partial charge in [0, 0.05) is 44.1 Å². The maximum atomic E-state index is 11.4. The molecule has 0 bridgehead atoms. The number of anilines is 2. The third-order valence-electron chi connectivity index (χ3n) is 4.65. The molecule has 0 aliphatic carbocycles. The Kier molecular flexibility index (Phi) is 5.90. The molecule has 1 aliphatic heterocycles. The molecule has 2 aromatic rings. The Balaban J connectivity index is 1.39. The van der Waals surface area contributed by atoms with E-state index in [1.165, 1.54) is 5.69 Å². The highest BCUT2D eigenvalue weighted by Crippen LogP contribution is 2.16. The van der Waals surface area contributed by atoms with Gasteiger partial charge in [-0.2, -0.15) is 0 Å². The second-order valence-electron chi connectivity index (χ2n) is 6.35. The van der Waals surface area contributed by atoms with Crippen LogP contribution in [-0.4, -0.2) is 50.1 Å². The van der Waals surface area contributed by atoms with Crippen LogP contribution in [0.3, 0.4) is 0 Å². The van der Waals surface area contributed by atoms with E-state index < -0.39 is 0 Å². The number of carbonyl (C=O) groups excluding carboxylic acids is 1. The summed E-state index contributed by atoms with van der Waals surface area (Å²) in [6.45, 7) is 6.22. The molecule has 1 fully saturated rings. The Morgan fingerprint density at radius 3 is 2.36 bits per heavy atom. The van der Waals surface area contributed by atoms with E-state index in [-0.39, 0.29) is 5.91 Å². The van der Waals surface area contributed by atoms with Crippen LogP contribution < -0.4 is 16.0 Å². The minimum absolute atomic E-state index is 0.389. The van der Waals surface area contributed by atoms with Gasteiger partial charge in [-0.15, -0.1) is 0 Å². The molecule has 1 aliphatic rings. The quantitative estimate of drug-likeness (QED) is 0.761. The molecule has 25 heavy (non-hydrogen) atoms. The van der Waals surface area contributed by atoms with Crippen LogP contribution in [0.15, 0.2) is 54.6 Å². The molecule has 3 rings (SSSR count). The molecule has 0 aromatic heterocycles. The van der Waals surface area contributed by atoms with Crippen molar-refractivity contribution in [3.63, 3.8) is 0 Å². The number of benzene rings is 2. The van der Waals surface area contributed by atoms with Crippen LogP contribution in [0, 0.1) is 0 Å². The molecule has 5 heteroatoms. The number of rotatable bonds is 7. The van der Waals surface area contributed by atoms with Gasteiger partial charge in [0.05, 0.1) is 5.56 Å². The van der Waals surface area contributed by atoms with Crippen LogP contribution in [0.2, 0.25) is 0 Å². The molecule has 1 heterocycles. The van der Waals surface area contributed by atoms with Crippen LogP contribution in [-0.2, 0) is 0 Å². The molecule has 0 radical (unpaired) electrons. The molecule has 2 aromatic carbocycles. The first kappa shape index (κ1) is 17.3. The van der Waals surface area contributed by atoms with Crippen molar-refractivity contribution in [2.24, 2.45) is 5.73 Å². The maximum absolute atomic E-state index is 11.4. The van der Waals surface area contributed by atoms with Gasteiger partial charge in [-0.1, -0.05) is 30.3 Å². The molecular formula is C20H26N4O. The summed E-state index contributed by atoms with van der Waals surface area (Å²) in [7, 11) is 0. The fourth-order valence-corrected chi connectivity index (χ4v) is 3.25. The third kappa shape index (κ3) is 4.73. The topological polar surface area (TPSA) is 61.6 Å². The predicted octanol–water partition coefficient (Wildman–Crippen LogP) is 2.41. The molecule has 0 saturated carbocycles. The standard InChI is InChI=1S/C20H26N4O/c21-20(25)18-9-4-5-10-19(18)22-11-6-12-23-13-15-24(16-14-23)17-7-2-1-3-8-17/h1-5,7-10,22H,6,11-16H2,(H2,21,25). The van der Waals surface area contributed by atoms with E-state index in [9.17, 15) is 4.79 Å². The number of amides is 1. The van der Waals surface area contributed by atoms with E-state index >= 15 is 0 Å². The number of hydrogen-bond acceptors (Lipinski definition) is 4. The molecule has 1 saturated heterocycles. The number of para-hydroxylation sites is 2. The van der Waals surface area contributed by atoms with Gasteiger partial charge in [-0.05, 0) is 37.2 Å². The van der Waals surface area contributed by atoms with Gasteiger partial charge in [-0.25, -0.2) is 0 Å². The average Bonchev–Trinajstić information content (AvgIpc) is 2.66. The zero-order valence-corrected chi connectivity index (χ0v) is 14.5. The SMILES string of the molecule is NC(=O)c1ccccc1NCCCN1CCN(c2ccccc2)CC1. The Bertz CT molecular complexity index is 681. The van der Waals surface area contributed by atoms with Crippen LogP contribution in [0.1, 0.15) is 16.8 Å². The van der Waals surface area contributed by atoms with Crippen molar-refractivity contribution < 1.29 is 4.79 Å². The van der Waals surface area contributed by atoms with Crippen LogP contribution in [0.4, 0.5) is 11.4 Å². The van der Waals surface area contributed by atoms with Gasteiger partial charge < -0.3 is 16.0 Å². The van der Waals surface area contributed by atoms with Gasteiger partial charge >= 0.3 is 0 Å². The summed E-state index contributed by atoms with van der Waals surface area (Å²) in [5, 5.41) is 3.33. The van der Waals surface area contributed by atoms with E-state index in [0.717, 1.165) is 51.4 Å². The fraction of sp³-hybridized carbons (Fsp3) is 0.350. The number of nitrogens with two attached hydrogens (primary N) is 1. The number of carbonyl (C=O) groups is 1. The highest BCUT2D eigenvalue weighted by molar-refractivity contribution is 5.98. The summed E-state index contributed by atoms with van der Waals surface area (Å²) >= 11 is 0. The first-order chi connectivity index (χ1) is 12.2. The molecular weight excluding hydrogens is 312 g/mol. The molecule has 5 nitrogen and oxygen atoms in total. The Morgan fingerprint density at radius 2 is 1.64 bits per heavy atom. The molecule has 1 amide bonds. The molecule has 0 atom stereocenters. The van der Waals surface area contributed by atoms with Crippen molar-refractivity contribution in [2.45, 2.75) is 6.42 Å². The highest BCUT2D eigenvalue weighted by Gasteiger charge is 2.16. The first-order valence-corrected chi connectivity index (χ1v) is 8.89. The zero-order chi connectivity index (χ0) is 17.5. The normalized spacial score (nSPS) is 15.1. The van der Waals surface area contributed by atoms with Crippen molar-refractivity contribution in [2.75, 3.05) is 49.5 Å². The summed E-state index contributed by atoms with van der Waals surface area (Å²) < 4.78 is 0. The molecule has 3 N–H and O–H groups in total. The maximum Gasteiger partial charge on any atom is 0.250 e. The molecule has 132 valence electrons. The van der Waals surface area contributed by atoms with E-state index in [2.05, 4.69) is 45.4 Å². The summed E-state index contributed by atoms with van der Waals surface area (Å²) in [5.74, 6) is -0.389. The largest absolute Gasteiger partial charge is 0.384 e. The van der Waals surface area contributed by atoms with Crippen molar-refractivity contribution in [1.82, 2.24) is 4.90 Å². The summed E-state index contributed by atoms with van der Waals surface area (Å²) in [5.41, 5.74) is 8.09. The van der Waals surface area contributed by atoms with Gasteiger partial charge in [0.1, 0.15) is 0 Å². The van der Waals surface area contributed by atoms with Crippen molar-refractivity contribution in [3.8, 4) is 0 Å². The Morgan fingerprint density at radius 1 is 0.960 bits per heavy atom. The lowest BCUT2D eigenvalue weighted by Crippen LogP contribution is -2.46. The minimum atomic E-state index is -0.389.